The molecule has 0 bridgehead atoms. The Balaban J connectivity index is 1.60. The first-order valence-electron chi connectivity index (χ1n) is 11.7. The molecule has 4 unspecified atom stereocenters. The van der Waals surface area contributed by atoms with Gasteiger partial charge in [0.1, 0.15) is 6.73 Å². The second-order valence-corrected chi connectivity index (χ2v) is 8.79. The van der Waals surface area contributed by atoms with Gasteiger partial charge in [-0.2, -0.15) is 0 Å². The fraction of sp³-hybridized carbons (Fsp3) is 0.913. The summed E-state index contributed by atoms with van der Waals surface area (Å²) in [6.45, 7) is 6.45. The van der Waals surface area contributed by atoms with Crippen molar-refractivity contribution < 1.29 is 9.53 Å². The topological polar surface area (TPSA) is 63.0 Å². The highest BCUT2D eigenvalue weighted by molar-refractivity contribution is 5.69. The molecule has 28 heavy (non-hydrogen) atoms. The molecule has 0 saturated heterocycles. The summed E-state index contributed by atoms with van der Waals surface area (Å²) in [5, 5.41) is 3.38. The maximum absolute atomic E-state index is 11.6. The maximum atomic E-state index is 11.6. The first-order chi connectivity index (χ1) is 13.7. The van der Waals surface area contributed by atoms with Gasteiger partial charge in [0, 0.05) is 12.5 Å². The minimum atomic E-state index is -0.0919. The standard InChI is InChI=1S/C23H41N3O2/c1-3-5-12-23(27)28-18-26-22-11-7-10-21(14-22)16-25-17-24-15-20-9-6-8-19(4-2)13-20/h19-22,26H,3-16,18H2,1-2H3. The van der Waals surface area contributed by atoms with Gasteiger partial charge in [-0.15, -0.1) is 0 Å². The third-order valence-electron chi connectivity index (χ3n) is 6.43. The van der Waals surface area contributed by atoms with Gasteiger partial charge in [-0.05, 0) is 56.3 Å². The predicted octanol–water partition coefficient (Wildman–Crippen LogP) is 5.22. The molecule has 0 aromatic rings. The van der Waals surface area contributed by atoms with Gasteiger partial charge in [0.25, 0.3) is 0 Å². The Hall–Kier alpha value is -1.19. The smallest absolute Gasteiger partial charge is 0.307 e. The summed E-state index contributed by atoms with van der Waals surface area (Å²) in [5.74, 6) is 2.14. The van der Waals surface area contributed by atoms with Gasteiger partial charge in [0.2, 0.25) is 0 Å². The molecule has 4 atom stereocenters. The summed E-state index contributed by atoms with van der Waals surface area (Å²) in [6.07, 6.45) is 13.9. The Morgan fingerprint density at radius 3 is 2.39 bits per heavy atom. The zero-order chi connectivity index (χ0) is 20.0. The first kappa shape index (κ1) is 23.1. The van der Waals surface area contributed by atoms with E-state index in [4.69, 9.17) is 4.74 Å². The normalized spacial score (nSPS) is 27.6. The average Bonchev–Trinajstić information content (AvgIpc) is 2.72. The number of hydrogen-bond donors (Lipinski definition) is 1. The lowest BCUT2D eigenvalue weighted by Crippen LogP contribution is -2.36. The van der Waals surface area contributed by atoms with Crippen LogP contribution in [0, 0.1) is 17.8 Å². The van der Waals surface area contributed by atoms with Crippen LogP contribution in [-0.2, 0) is 9.53 Å². The molecule has 5 heteroatoms. The summed E-state index contributed by atoms with van der Waals surface area (Å²) in [5.41, 5.74) is 0. The van der Waals surface area contributed by atoms with Crippen molar-refractivity contribution in [1.29, 1.82) is 0 Å². The Morgan fingerprint density at radius 1 is 1.00 bits per heavy atom. The van der Waals surface area contributed by atoms with E-state index in [1.807, 2.05) is 0 Å². The SMILES string of the molecule is CCCCC(=O)OCNC1CCCC(CN=C=NCC2CCCC(CC)C2)C1. The molecule has 0 aromatic carbocycles. The Bertz CT molecular complexity index is 502. The lowest BCUT2D eigenvalue weighted by Gasteiger charge is -2.28. The quantitative estimate of drug-likeness (QED) is 0.298. The first-order valence-corrected chi connectivity index (χ1v) is 11.7. The largest absolute Gasteiger partial charge is 0.450 e. The van der Waals surface area contributed by atoms with Crippen LogP contribution in [-0.4, -0.2) is 37.8 Å². The molecule has 2 fully saturated rings. The average molecular weight is 392 g/mol. The van der Waals surface area contributed by atoms with Crippen molar-refractivity contribution in [1.82, 2.24) is 5.32 Å². The summed E-state index contributed by atoms with van der Waals surface area (Å²) in [7, 11) is 0. The van der Waals surface area contributed by atoms with Gasteiger partial charge < -0.3 is 4.74 Å². The summed E-state index contributed by atoms with van der Waals surface area (Å²) >= 11 is 0. The zero-order valence-corrected chi connectivity index (χ0v) is 18.1. The van der Waals surface area contributed by atoms with Gasteiger partial charge in [-0.1, -0.05) is 46.0 Å². The molecule has 0 aromatic heterocycles. The summed E-state index contributed by atoms with van der Waals surface area (Å²) in [6, 6.07) is 3.39. The van der Waals surface area contributed by atoms with Crippen molar-refractivity contribution in [2.24, 2.45) is 27.7 Å². The molecule has 0 aliphatic heterocycles. The molecular formula is C23H41N3O2. The van der Waals surface area contributed by atoms with Crippen LogP contribution in [0.25, 0.3) is 0 Å². The molecule has 2 saturated carbocycles. The summed E-state index contributed by atoms with van der Waals surface area (Å²) < 4.78 is 5.27. The van der Waals surface area contributed by atoms with Crippen LogP contribution in [0.4, 0.5) is 0 Å². The highest BCUT2D eigenvalue weighted by atomic mass is 16.5. The molecule has 1 N–H and O–H groups in total. The second kappa shape index (κ2) is 13.9. The molecule has 2 aliphatic rings. The van der Waals surface area contributed by atoms with E-state index in [0.29, 0.717) is 25.1 Å². The van der Waals surface area contributed by atoms with Crippen molar-refractivity contribution in [3.8, 4) is 0 Å². The summed E-state index contributed by atoms with van der Waals surface area (Å²) in [4.78, 5) is 20.5. The van der Waals surface area contributed by atoms with E-state index in [1.54, 1.807) is 0 Å². The van der Waals surface area contributed by atoms with Crippen molar-refractivity contribution in [3.63, 3.8) is 0 Å². The lowest BCUT2D eigenvalue weighted by molar-refractivity contribution is -0.144. The van der Waals surface area contributed by atoms with E-state index in [9.17, 15) is 4.79 Å². The van der Waals surface area contributed by atoms with Crippen LogP contribution in [0.3, 0.4) is 0 Å². The molecule has 0 radical (unpaired) electrons. The fourth-order valence-corrected chi connectivity index (χ4v) is 4.60. The van der Waals surface area contributed by atoms with Gasteiger partial charge >= 0.3 is 5.97 Å². The van der Waals surface area contributed by atoms with Crippen molar-refractivity contribution in [2.75, 3.05) is 19.8 Å². The predicted molar refractivity (Wildman–Crippen MR) is 115 cm³/mol. The number of carbonyl (C=O) groups is 1. The minimum absolute atomic E-state index is 0.0919. The number of ether oxygens (including phenoxy) is 1. The van der Waals surface area contributed by atoms with E-state index >= 15 is 0 Å². The van der Waals surface area contributed by atoms with E-state index < -0.39 is 0 Å². The van der Waals surface area contributed by atoms with Gasteiger partial charge in [-0.3, -0.25) is 10.1 Å². The number of hydrogen-bond acceptors (Lipinski definition) is 5. The van der Waals surface area contributed by atoms with Crippen molar-refractivity contribution in [2.45, 2.75) is 96.9 Å². The van der Waals surface area contributed by atoms with Crippen molar-refractivity contribution >= 4 is 12.0 Å². The highest BCUT2D eigenvalue weighted by Crippen LogP contribution is 2.31. The number of rotatable bonds is 11. The molecule has 0 spiro atoms. The highest BCUT2D eigenvalue weighted by Gasteiger charge is 2.22. The van der Waals surface area contributed by atoms with Crippen LogP contribution in [0.2, 0.25) is 0 Å². The molecule has 160 valence electrons. The molecule has 0 heterocycles. The minimum Gasteiger partial charge on any atom is -0.450 e. The van der Waals surface area contributed by atoms with E-state index in [0.717, 1.165) is 50.6 Å². The number of nitrogens with zero attached hydrogens (tertiary/aromatic N) is 2. The Kier molecular flexibility index (Phi) is 11.5. The monoisotopic (exact) mass is 391 g/mol. The Morgan fingerprint density at radius 2 is 1.68 bits per heavy atom. The van der Waals surface area contributed by atoms with Crippen LogP contribution in [0.1, 0.15) is 90.9 Å². The van der Waals surface area contributed by atoms with E-state index in [2.05, 4.69) is 35.2 Å². The zero-order valence-electron chi connectivity index (χ0n) is 18.1. The fourth-order valence-electron chi connectivity index (χ4n) is 4.60. The van der Waals surface area contributed by atoms with Crippen molar-refractivity contribution in [3.05, 3.63) is 0 Å². The van der Waals surface area contributed by atoms with Crippen LogP contribution in [0.15, 0.2) is 9.98 Å². The van der Waals surface area contributed by atoms with Gasteiger partial charge in [0.05, 0.1) is 19.1 Å². The molecule has 2 aliphatic carbocycles. The van der Waals surface area contributed by atoms with Crippen LogP contribution in [0.5, 0.6) is 0 Å². The number of unbranched alkanes of at least 4 members (excludes halogenated alkanes) is 1. The lowest BCUT2D eigenvalue weighted by atomic mass is 9.80. The van der Waals surface area contributed by atoms with Gasteiger partial charge in [0.15, 0.2) is 0 Å². The number of esters is 1. The van der Waals surface area contributed by atoms with E-state index in [1.165, 1.54) is 44.9 Å². The van der Waals surface area contributed by atoms with Crippen LogP contribution < -0.4 is 5.32 Å². The number of carbonyl (C=O) groups excluding carboxylic acids is 1. The second-order valence-electron chi connectivity index (χ2n) is 8.79. The Labute approximate surface area is 171 Å². The third kappa shape index (κ3) is 9.34. The molecule has 5 nitrogen and oxygen atoms in total. The maximum Gasteiger partial charge on any atom is 0.307 e. The molecule has 2 rings (SSSR count). The van der Waals surface area contributed by atoms with Crippen LogP contribution >= 0.6 is 0 Å². The number of nitrogens with one attached hydrogen (secondary N) is 1. The van der Waals surface area contributed by atoms with Gasteiger partial charge in [-0.25, -0.2) is 9.98 Å². The molecule has 0 amide bonds. The number of aliphatic imine (C=N–C) groups is 2. The third-order valence-corrected chi connectivity index (χ3v) is 6.43. The molecular weight excluding hydrogens is 350 g/mol. The van der Waals surface area contributed by atoms with E-state index in [-0.39, 0.29) is 5.97 Å².